The molecule has 0 fully saturated rings. The summed E-state index contributed by atoms with van der Waals surface area (Å²) < 4.78 is 8.68. The molecule has 1 N–H and O–H groups in total. The number of carbonyl (C=O) groups excluding carboxylic acids is 1. The fourth-order valence-corrected chi connectivity index (χ4v) is 3.39. The first-order valence-corrected chi connectivity index (χ1v) is 9.96. The molecular formula is C23H24N6O2. The van der Waals surface area contributed by atoms with Crippen LogP contribution in [-0.4, -0.2) is 37.6 Å². The van der Waals surface area contributed by atoms with Gasteiger partial charge in [-0.15, -0.1) is 0 Å². The molecule has 31 heavy (non-hydrogen) atoms. The van der Waals surface area contributed by atoms with Crippen molar-refractivity contribution in [3.63, 3.8) is 0 Å². The van der Waals surface area contributed by atoms with Crippen molar-refractivity contribution in [2.75, 3.05) is 12.4 Å². The first-order chi connectivity index (χ1) is 15.0. The fraction of sp³-hybridized carbons (Fsp3) is 0.217. The van der Waals surface area contributed by atoms with E-state index in [9.17, 15) is 4.79 Å². The van der Waals surface area contributed by atoms with E-state index in [0.29, 0.717) is 17.1 Å². The first-order valence-electron chi connectivity index (χ1n) is 9.96. The van der Waals surface area contributed by atoms with E-state index in [1.807, 2.05) is 69.4 Å². The van der Waals surface area contributed by atoms with Gasteiger partial charge in [0.25, 0.3) is 5.91 Å². The minimum Gasteiger partial charge on any atom is -0.497 e. The van der Waals surface area contributed by atoms with Gasteiger partial charge in [0, 0.05) is 18.3 Å². The quantitative estimate of drug-likeness (QED) is 0.512. The number of hydrogen-bond donors (Lipinski definition) is 1. The van der Waals surface area contributed by atoms with Gasteiger partial charge in [-0.1, -0.05) is 13.8 Å². The van der Waals surface area contributed by atoms with Gasteiger partial charge in [0.2, 0.25) is 0 Å². The van der Waals surface area contributed by atoms with Crippen LogP contribution in [0, 0.1) is 0 Å². The predicted molar refractivity (Wildman–Crippen MR) is 119 cm³/mol. The molecule has 0 spiro atoms. The second kappa shape index (κ2) is 8.43. The molecule has 8 nitrogen and oxygen atoms in total. The van der Waals surface area contributed by atoms with Crippen LogP contribution in [0.4, 0.5) is 5.69 Å². The summed E-state index contributed by atoms with van der Waals surface area (Å²) in [6.07, 6.45) is 3.26. The summed E-state index contributed by atoms with van der Waals surface area (Å²) in [6, 6.07) is 15.0. The molecule has 0 radical (unpaired) electrons. The maximum atomic E-state index is 13.0. The van der Waals surface area contributed by atoms with Gasteiger partial charge >= 0.3 is 0 Å². The molecule has 0 unspecified atom stereocenters. The molecule has 0 saturated carbocycles. The van der Waals surface area contributed by atoms with Gasteiger partial charge in [-0.3, -0.25) is 9.48 Å². The molecule has 0 aliphatic carbocycles. The Labute approximate surface area is 180 Å². The first kappa shape index (κ1) is 20.3. The van der Waals surface area contributed by atoms with Gasteiger partial charge in [-0.05, 0) is 54.4 Å². The maximum Gasteiger partial charge on any atom is 0.259 e. The summed E-state index contributed by atoms with van der Waals surface area (Å²) in [7, 11) is 3.45. The van der Waals surface area contributed by atoms with Gasteiger partial charge in [-0.2, -0.15) is 10.2 Å². The van der Waals surface area contributed by atoms with E-state index < -0.39 is 0 Å². The van der Waals surface area contributed by atoms with Crippen LogP contribution in [0.2, 0.25) is 0 Å². The molecular weight excluding hydrogens is 392 g/mol. The average Bonchev–Trinajstić information content (AvgIpc) is 3.41. The lowest BCUT2D eigenvalue weighted by Crippen LogP contribution is -2.15. The summed E-state index contributed by atoms with van der Waals surface area (Å²) in [5.74, 6) is 1.31. The number of nitrogens with zero attached hydrogens (tertiary/aromatic N) is 5. The van der Waals surface area contributed by atoms with E-state index >= 15 is 0 Å². The standard InChI is InChI=1S/C23H24N6O2/c1-15(2)21-20(13-25-29(21)18-9-11-19(31-4)12-10-18)23(30)26-17-7-5-16(6-8-17)22-24-14-28(3)27-22/h5-15H,1-4H3,(H,26,30). The number of aryl methyl sites for hydroxylation is 1. The van der Waals surface area contributed by atoms with Crippen molar-refractivity contribution in [3.05, 3.63) is 72.3 Å². The maximum absolute atomic E-state index is 13.0. The molecule has 2 heterocycles. The highest BCUT2D eigenvalue weighted by atomic mass is 16.5. The molecule has 1 amide bonds. The Kier molecular flexibility index (Phi) is 5.53. The Bertz CT molecular complexity index is 1190. The van der Waals surface area contributed by atoms with Crippen molar-refractivity contribution in [2.45, 2.75) is 19.8 Å². The highest BCUT2D eigenvalue weighted by Gasteiger charge is 2.21. The third-order valence-corrected chi connectivity index (χ3v) is 4.92. The topological polar surface area (TPSA) is 86.9 Å². The van der Waals surface area contributed by atoms with Crippen LogP contribution in [0.5, 0.6) is 5.75 Å². The lowest BCUT2D eigenvalue weighted by molar-refractivity contribution is 0.102. The van der Waals surface area contributed by atoms with E-state index in [-0.39, 0.29) is 11.8 Å². The molecule has 0 aliphatic rings. The summed E-state index contributed by atoms with van der Waals surface area (Å²) >= 11 is 0. The number of ether oxygens (including phenoxy) is 1. The average molecular weight is 416 g/mol. The third kappa shape index (κ3) is 4.18. The molecule has 4 rings (SSSR count). The number of methoxy groups -OCH3 is 1. The van der Waals surface area contributed by atoms with Gasteiger partial charge in [0.15, 0.2) is 5.82 Å². The van der Waals surface area contributed by atoms with Crippen LogP contribution in [0.1, 0.15) is 35.8 Å². The zero-order valence-electron chi connectivity index (χ0n) is 17.9. The van der Waals surface area contributed by atoms with Crippen molar-refractivity contribution in [1.29, 1.82) is 0 Å². The van der Waals surface area contributed by atoms with Crippen molar-refractivity contribution in [1.82, 2.24) is 24.5 Å². The Balaban J connectivity index is 1.57. The van der Waals surface area contributed by atoms with Crippen LogP contribution >= 0.6 is 0 Å². The van der Waals surface area contributed by atoms with Crippen LogP contribution < -0.4 is 10.1 Å². The molecule has 158 valence electrons. The van der Waals surface area contributed by atoms with Gasteiger partial charge in [0.1, 0.15) is 12.1 Å². The molecule has 0 atom stereocenters. The third-order valence-electron chi connectivity index (χ3n) is 4.92. The van der Waals surface area contributed by atoms with Crippen LogP contribution in [0.25, 0.3) is 17.1 Å². The summed E-state index contributed by atoms with van der Waals surface area (Å²) in [5.41, 5.74) is 3.83. The highest BCUT2D eigenvalue weighted by Crippen LogP contribution is 2.25. The van der Waals surface area contributed by atoms with E-state index in [4.69, 9.17) is 4.74 Å². The van der Waals surface area contributed by atoms with Crippen molar-refractivity contribution in [3.8, 4) is 22.8 Å². The Morgan fingerprint density at radius 3 is 2.35 bits per heavy atom. The van der Waals surface area contributed by atoms with Crippen molar-refractivity contribution in [2.24, 2.45) is 7.05 Å². The number of nitrogens with one attached hydrogen (secondary N) is 1. The van der Waals surface area contributed by atoms with Crippen molar-refractivity contribution >= 4 is 11.6 Å². The predicted octanol–water partition coefficient (Wildman–Crippen LogP) is 4.05. The van der Waals surface area contributed by atoms with Crippen LogP contribution in [0.15, 0.2) is 61.1 Å². The number of carbonyl (C=O) groups is 1. The SMILES string of the molecule is COc1ccc(-n2ncc(C(=O)Nc3ccc(-c4ncn(C)n4)cc3)c2C(C)C)cc1. The number of amides is 1. The Morgan fingerprint density at radius 1 is 1.06 bits per heavy atom. The smallest absolute Gasteiger partial charge is 0.259 e. The molecule has 2 aromatic heterocycles. The number of anilines is 1. The van der Waals surface area contributed by atoms with Crippen LogP contribution in [0.3, 0.4) is 0 Å². The minimum absolute atomic E-state index is 0.1000. The molecule has 8 heteroatoms. The summed E-state index contributed by atoms with van der Waals surface area (Å²) in [5, 5.41) is 11.7. The lowest BCUT2D eigenvalue weighted by Gasteiger charge is -2.13. The van der Waals surface area contributed by atoms with Gasteiger partial charge in [-0.25, -0.2) is 9.67 Å². The van der Waals surface area contributed by atoms with Gasteiger partial charge in [0.05, 0.1) is 30.3 Å². The number of hydrogen-bond acceptors (Lipinski definition) is 5. The summed E-state index contributed by atoms with van der Waals surface area (Å²) in [6.45, 7) is 4.09. The summed E-state index contributed by atoms with van der Waals surface area (Å²) in [4.78, 5) is 17.3. The minimum atomic E-state index is -0.202. The van der Waals surface area contributed by atoms with Crippen LogP contribution in [-0.2, 0) is 7.05 Å². The molecule has 0 saturated heterocycles. The van der Waals surface area contributed by atoms with E-state index in [0.717, 1.165) is 22.7 Å². The van der Waals surface area contributed by atoms with E-state index in [1.165, 1.54) is 0 Å². The fourth-order valence-electron chi connectivity index (χ4n) is 3.39. The van der Waals surface area contributed by atoms with E-state index in [2.05, 4.69) is 20.5 Å². The number of benzene rings is 2. The second-order valence-electron chi connectivity index (χ2n) is 7.48. The number of aromatic nitrogens is 5. The molecule has 2 aromatic carbocycles. The lowest BCUT2D eigenvalue weighted by atomic mass is 10.0. The highest BCUT2D eigenvalue weighted by molar-refractivity contribution is 6.05. The Hall–Kier alpha value is -3.94. The largest absolute Gasteiger partial charge is 0.497 e. The zero-order chi connectivity index (χ0) is 22.0. The molecule has 0 aliphatic heterocycles. The van der Waals surface area contributed by atoms with Gasteiger partial charge < -0.3 is 10.1 Å². The van der Waals surface area contributed by atoms with E-state index in [1.54, 1.807) is 29.0 Å². The second-order valence-corrected chi connectivity index (χ2v) is 7.48. The Morgan fingerprint density at radius 2 is 1.77 bits per heavy atom. The number of rotatable bonds is 6. The van der Waals surface area contributed by atoms with Crippen molar-refractivity contribution < 1.29 is 9.53 Å². The molecule has 4 aromatic rings. The zero-order valence-corrected chi connectivity index (χ0v) is 17.9. The normalized spacial score (nSPS) is 11.0. The molecule has 0 bridgehead atoms. The monoisotopic (exact) mass is 416 g/mol.